The van der Waals surface area contributed by atoms with Crippen molar-refractivity contribution in [1.82, 2.24) is 4.90 Å². The van der Waals surface area contributed by atoms with Gasteiger partial charge in [0.25, 0.3) is 0 Å². The average molecular weight is 281 g/mol. The number of fused-ring (bicyclic) bond motifs is 1. The van der Waals surface area contributed by atoms with Gasteiger partial charge in [-0.25, -0.2) is 0 Å². The van der Waals surface area contributed by atoms with E-state index in [1.54, 1.807) is 0 Å². The first kappa shape index (κ1) is 10.3. The molecular formula is C12H13BrN2O. The number of nitrogens with two attached hydrogens (primary N) is 1. The third-order valence-electron chi connectivity index (χ3n) is 3.58. The van der Waals surface area contributed by atoms with Crippen molar-refractivity contribution < 1.29 is 4.79 Å². The number of amides is 1. The summed E-state index contributed by atoms with van der Waals surface area (Å²) in [5.74, 6) is 0.755. The first-order valence-corrected chi connectivity index (χ1v) is 6.25. The summed E-state index contributed by atoms with van der Waals surface area (Å²) in [6, 6.07) is 8.15. The summed E-state index contributed by atoms with van der Waals surface area (Å²) in [6.45, 7) is 1.52. The summed E-state index contributed by atoms with van der Waals surface area (Å²) in [5.41, 5.74) is 6.95. The average Bonchev–Trinajstić information content (AvgIpc) is 2.76. The zero-order valence-corrected chi connectivity index (χ0v) is 10.4. The fraction of sp³-hybridized carbons (Fsp3) is 0.417. The molecule has 1 aromatic rings. The normalized spacial score (nSPS) is 31.8. The molecule has 16 heavy (non-hydrogen) atoms. The highest BCUT2D eigenvalue weighted by atomic mass is 79.9. The minimum atomic E-state index is 0.113. The van der Waals surface area contributed by atoms with Gasteiger partial charge >= 0.3 is 0 Å². The van der Waals surface area contributed by atoms with Crippen molar-refractivity contribution in [2.45, 2.75) is 12.6 Å². The molecule has 3 rings (SSSR count). The summed E-state index contributed by atoms with van der Waals surface area (Å²) in [6.07, 6.45) is 0. The second kappa shape index (κ2) is 3.57. The molecule has 1 aromatic carbocycles. The molecule has 1 aliphatic carbocycles. The van der Waals surface area contributed by atoms with Gasteiger partial charge in [-0.3, -0.25) is 4.79 Å². The number of likely N-dealkylation sites (tertiary alicyclic amines) is 1. The number of carbonyl (C=O) groups excluding carboxylic acids is 1. The van der Waals surface area contributed by atoms with Gasteiger partial charge in [0.1, 0.15) is 0 Å². The van der Waals surface area contributed by atoms with E-state index in [1.165, 1.54) is 0 Å². The Kier molecular flexibility index (Phi) is 2.30. The van der Waals surface area contributed by atoms with E-state index in [1.807, 2.05) is 29.2 Å². The quantitative estimate of drug-likeness (QED) is 0.889. The minimum Gasteiger partial charge on any atom is -0.338 e. The Hall–Kier alpha value is -0.870. The Bertz CT molecular complexity index is 448. The molecule has 1 saturated carbocycles. The zero-order chi connectivity index (χ0) is 11.3. The van der Waals surface area contributed by atoms with Crippen molar-refractivity contribution in [2.75, 3.05) is 6.54 Å². The van der Waals surface area contributed by atoms with Crippen LogP contribution >= 0.6 is 15.9 Å². The monoisotopic (exact) mass is 280 g/mol. The van der Waals surface area contributed by atoms with Crippen molar-refractivity contribution >= 4 is 21.8 Å². The van der Waals surface area contributed by atoms with Gasteiger partial charge in [0, 0.05) is 29.5 Å². The van der Waals surface area contributed by atoms with Crippen LogP contribution in [0.3, 0.4) is 0 Å². The number of hydrogen-bond donors (Lipinski definition) is 1. The number of carbonyl (C=O) groups is 1. The number of nitrogens with zero attached hydrogens (tertiary/aromatic N) is 1. The van der Waals surface area contributed by atoms with Gasteiger partial charge in [-0.15, -0.1) is 0 Å². The van der Waals surface area contributed by atoms with E-state index in [2.05, 4.69) is 15.9 Å². The highest BCUT2D eigenvalue weighted by Crippen LogP contribution is 2.45. The maximum atomic E-state index is 11.9. The van der Waals surface area contributed by atoms with Crippen LogP contribution in [-0.2, 0) is 11.3 Å². The standard InChI is InChI=1S/C12H13BrN2O/c13-9-4-2-1-3-7(9)5-15-6-8-10(11(8)14)12(15)16/h1-4,8,10-11H,5-6,14H2. The number of hydrogen-bond acceptors (Lipinski definition) is 2. The molecular weight excluding hydrogens is 268 g/mol. The summed E-state index contributed by atoms with van der Waals surface area (Å²) >= 11 is 3.50. The molecule has 1 amide bonds. The van der Waals surface area contributed by atoms with E-state index in [-0.39, 0.29) is 17.9 Å². The SMILES string of the molecule is NC1C2CN(Cc3ccccc3Br)C(=O)C12. The topological polar surface area (TPSA) is 46.3 Å². The van der Waals surface area contributed by atoms with Gasteiger partial charge in [0.05, 0.1) is 5.92 Å². The summed E-state index contributed by atoms with van der Waals surface area (Å²) in [5, 5.41) is 0. The summed E-state index contributed by atoms with van der Waals surface area (Å²) in [4.78, 5) is 13.8. The fourth-order valence-electron chi connectivity index (χ4n) is 2.51. The molecule has 3 unspecified atom stereocenters. The van der Waals surface area contributed by atoms with Gasteiger partial charge in [-0.05, 0) is 11.6 Å². The molecule has 3 nitrogen and oxygen atoms in total. The van der Waals surface area contributed by atoms with Gasteiger partial charge < -0.3 is 10.6 Å². The van der Waals surface area contributed by atoms with E-state index in [4.69, 9.17) is 5.73 Å². The van der Waals surface area contributed by atoms with Crippen LogP contribution in [0.15, 0.2) is 28.7 Å². The molecule has 1 aliphatic heterocycles. The smallest absolute Gasteiger partial charge is 0.227 e. The number of halogens is 1. The molecule has 1 heterocycles. The van der Waals surface area contributed by atoms with Crippen LogP contribution < -0.4 is 5.73 Å². The van der Waals surface area contributed by atoms with E-state index >= 15 is 0 Å². The van der Waals surface area contributed by atoms with Crippen LogP contribution in [0.5, 0.6) is 0 Å². The highest BCUT2D eigenvalue weighted by Gasteiger charge is 2.59. The van der Waals surface area contributed by atoms with Crippen molar-refractivity contribution in [2.24, 2.45) is 17.6 Å². The highest BCUT2D eigenvalue weighted by molar-refractivity contribution is 9.10. The second-order valence-corrected chi connectivity index (χ2v) is 5.43. The zero-order valence-electron chi connectivity index (χ0n) is 8.77. The Morgan fingerprint density at radius 1 is 1.44 bits per heavy atom. The van der Waals surface area contributed by atoms with Crippen LogP contribution in [0.1, 0.15) is 5.56 Å². The molecule has 2 N–H and O–H groups in total. The molecule has 84 valence electrons. The molecule has 4 heteroatoms. The lowest BCUT2D eigenvalue weighted by atomic mass is 10.2. The predicted molar refractivity (Wildman–Crippen MR) is 64.5 cm³/mol. The Balaban J connectivity index is 1.73. The first-order chi connectivity index (χ1) is 7.68. The Morgan fingerprint density at radius 2 is 2.19 bits per heavy atom. The number of rotatable bonds is 2. The van der Waals surface area contributed by atoms with Crippen molar-refractivity contribution in [3.05, 3.63) is 34.3 Å². The molecule has 0 aromatic heterocycles. The number of piperidine rings is 1. The molecule has 2 aliphatic rings. The number of benzene rings is 1. The van der Waals surface area contributed by atoms with E-state index in [9.17, 15) is 4.79 Å². The minimum absolute atomic E-state index is 0.113. The summed E-state index contributed by atoms with van der Waals surface area (Å²) < 4.78 is 1.06. The van der Waals surface area contributed by atoms with E-state index in [0.717, 1.165) is 16.6 Å². The van der Waals surface area contributed by atoms with Crippen LogP contribution in [0, 0.1) is 11.8 Å². The van der Waals surface area contributed by atoms with Gasteiger partial charge in [-0.1, -0.05) is 34.1 Å². The second-order valence-electron chi connectivity index (χ2n) is 4.58. The molecule has 0 bridgehead atoms. The molecule has 3 atom stereocenters. The third-order valence-corrected chi connectivity index (χ3v) is 4.35. The summed E-state index contributed by atoms with van der Waals surface area (Å²) in [7, 11) is 0. The van der Waals surface area contributed by atoms with Crippen molar-refractivity contribution in [3.8, 4) is 0 Å². The lowest BCUT2D eigenvalue weighted by Gasteiger charge is -2.19. The Morgan fingerprint density at radius 3 is 2.81 bits per heavy atom. The predicted octanol–water partition coefficient (Wildman–Crippen LogP) is 1.36. The third kappa shape index (κ3) is 1.48. The van der Waals surface area contributed by atoms with E-state index < -0.39 is 0 Å². The van der Waals surface area contributed by atoms with E-state index in [0.29, 0.717) is 12.5 Å². The van der Waals surface area contributed by atoms with Crippen LogP contribution in [0.2, 0.25) is 0 Å². The van der Waals surface area contributed by atoms with Crippen molar-refractivity contribution in [3.63, 3.8) is 0 Å². The van der Waals surface area contributed by atoms with Gasteiger partial charge in [0.15, 0.2) is 0 Å². The molecule has 0 radical (unpaired) electrons. The van der Waals surface area contributed by atoms with Gasteiger partial charge in [0.2, 0.25) is 5.91 Å². The van der Waals surface area contributed by atoms with Gasteiger partial charge in [-0.2, -0.15) is 0 Å². The molecule has 2 fully saturated rings. The molecule has 0 spiro atoms. The van der Waals surface area contributed by atoms with Crippen LogP contribution in [0.25, 0.3) is 0 Å². The van der Waals surface area contributed by atoms with Crippen molar-refractivity contribution in [1.29, 1.82) is 0 Å². The van der Waals surface area contributed by atoms with Crippen LogP contribution in [0.4, 0.5) is 0 Å². The lowest BCUT2D eigenvalue weighted by molar-refractivity contribution is -0.130. The Labute approximate surface area is 103 Å². The largest absolute Gasteiger partial charge is 0.338 e. The maximum absolute atomic E-state index is 11.9. The maximum Gasteiger partial charge on any atom is 0.227 e. The molecule has 1 saturated heterocycles. The van der Waals surface area contributed by atoms with Crippen LogP contribution in [-0.4, -0.2) is 23.4 Å². The fourth-order valence-corrected chi connectivity index (χ4v) is 2.92. The lowest BCUT2D eigenvalue weighted by Crippen LogP contribution is -2.32. The first-order valence-electron chi connectivity index (χ1n) is 5.46.